The molecule has 0 saturated heterocycles. The van der Waals surface area contributed by atoms with Gasteiger partial charge in [0.05, 0.1) is 0 Å². The first-order valence-corrected chi connectivity index (χ1v) is 6.79. The third-order valence-corrected chi connectivity index (χ3v) is 3.23. The standard InChI is InChI=1S/C15H15BrN2O/c1-17-15(19)12-5-3-7-14(9-12)18-10-11-4-2-6-13(16)8-11/h2-9,18H,10H2,1H3,(H,17,19). The fraction of sp³-hybridized carbons (Fsp3) is 0.133. The Morgan fingerprint density at radius 1 is 1.16 bits per heavy atom. The maximum atomic E-state index is 11.5. The summed E-state index contributed by atoms with van der Waals surface area (Å²) in [4.78, 5) is 11.5. The number of carbonyl (C=O) groups excluding carboxylic acids is 1. The highest BCUT2D eigenvalue weighted by Crippen LogP contribution is 2.15. The number of carbonyl (C=O) groups is 1. The van der Waals surface area contributed by atoms with Crippen LogP contribution in [-0.2, 0) is 6.54 Å². The van der Waals surface area contributed by atoms with Gasteiger partial charge >= 0.3 is 0 Å². The molecule has 1 amide bonds. The van der Waals surface area contributed by atoms with Crippen molar-refractivity contribution in [2.75, 3.05) is 12.4 Å². The molecule has 2 aromatic rings. The van der Waals surface area contributed by atoms with Gasteiger partial charge in [-0.05, 0) is 35.9 Å². The predicted octanol–water partition coefficient (Wildman–Crippen LogP) is 3.42. The molecule has 0 saturated carbocycles. The van der Waals surface area contributed by atoms with Crippen LogP contribution in [0.25, 0.3) is 0 Å². The summed E-state index contributed by atoms with van der Waals surface area (Å²) in [5.74, 6) is -0.0777. The number of benzene rings is 2. The van der Waals surface area contributed by atoms with Gasteiger partial charge in [0.15, 0.2) is 0 Å². The Hall–Kier alpha value is -1.81. The maximum absolute atomic E-state index is 11.5. The third-order valence-electron chi connectivity index (χ3n) is 2.74. The predicted molar refractivity (Wildman–Crippen MR) is 81.3 cm³/mol. The Balaban J connectivity index is 2.05. The molecular weight excluding hydrogens is 304 g/mol. The van der Waals surface area contributed by atoms with E-state index < -0.39 is 0 Å². The molecule has 0 radical (unpaired) electrons. The molecule has 4 heteroatoms. The van der Waals surface area contributed by atoms with E-state index in [0.717, 1.165) is 16.7 Å². The molecule has 3 nitrogen and oxygen atoms in total. The molecule has 0 atom stereocenters. The fourth-order valence-electron chi connectivity index (χ4n) is 1.77. The van der Waals surface area contributed by atoms with Gasteiger partial charge in [-0.15, -0.1) is 0 Å². The molecule has 0 unspecified atom stereocenters. The summed E-state index contributed by atoms with van der Waals surface area (Å²) in [6.07, 6.45) is 0. The largest absolute Gasteiger partial charge is 0.381 e. The number of amides is 1. The fourth-order valence-corrected chi connectivity index (χ4v) is 2.21. The van der Waals surface area contributed by atoms with Gasteiger partial charge in [-0.3, -0.25) is 4.79 Å². The van der Waals surface area contributed by atoms with Crippen LogP contribution >= 0.6 is 15.9 Å². The zero-order valence-electron chi connectivity index (χ0n) is 10.6. The van der Waals surface area contributed by atoms with E-state index in [-0.39, 0.29) is 5.91 Å². The lowest BCUT2D eigenvalue weighted by molar-refractivity contribution is 0.0963. The van der Waals surface area contributed by atoms with Crippen LogP contribution in [0, 0.1) is 0 Å². The van der Waals surface area contributed by atoms with Gasteiger partial charge < -0.3 is 10.6 Å². The van der Waals surface area contributed by atoms with Crippen LogP contribution in [0.3, 0.4) is 0 Å². The van der Waals surface area contributed by atoms with E-state index in [9.17, 15) is 4.79 Å². The third kappa shape index (κ3) is 3.83. The summed E-state index contributed by atoms with van der Waals surface area (Å²) in [6.45, 7) is 0.719. The van der Waals surface area contributed by atoms with Crippen LogP contribution in [0.4, 0.5) is 5.69 Å². The molecule has 0 fully saturated rings. The van der Waals surface area contributed by atoms with Crippen LogP contribution in [-0.4, -0.2) is 13.0 Å². The van der Waals surface area contributed by atoms with Crippen molar-refractivity contribution in [1.29, 1.82) is 0 Å². The Bertz CT molecular complexity index is 584. The molecule has 0 spiro atoms. The summed E-state index contributed by atoms with van der Waals surface area (Å²) in [6, 6.07) is 15.6. The zero-order valence-corrected chi connectivity index (χ0v) is 12.2. The van der Waals surface area contributed by atoms with Crippen molar-refractivity contribution in [2.24, 2.45) is 0 Å². The van der Waals surface area contributed by atoms with Crippen molar-refractivity contribution >= 4 is 27.5 Å². The van der Waals surface area contributed by atoms with Gasteiger partial charge in [-0.25, -0.2) is 0 Å². The van der Waals surface area contributed by atoms with Gasteiger partial charge in [0, 0.05) is 29.3 Å². The van der Waals surface area contributed by atoms with Crippen LogP contribution in [0.1, 0.15) is 15.9 Å². The minimum absolute atomic E-state index is 0.0777. The molecule has 0 heterocycles. The quantitative estimate of drug-likeness (QED) is 0.907. The molecule has 0 bridgehead atoms. The number of halogens is 1. The monoisotopic (exact) mass is 318 g/mol. The van der Waals surface area contributed by atoms with Crippen molar-refractivity contribution in [1.82, 2.24) is 5.32 Å². The van der Waals surface area contributed by atoms with Crippen LogP contribution in [0.2, 0.25) is 0 Å². The van der Waals surface area contributed by atoms with E-state index in [1.807, 2.05) is 30.3 Å². The Labute approximate surface area is 121 Å². The first kappa shape index (κ1) is 13.6. The highest BCUT2D eigenvalue weighted by atomic mass is 79.9. The van der Waals surface area contributed by atoms with E-state index in [4.69, 9.17) is 0 Å². The van der Waals surface area contributed by atoms with E-state index in [0.29, 0.717) is 5.56 Å². The summed E-state index contributed by atoms with van der Waals surface area (Å²) in [5, 5.41) is 5.92. The average molecular weight is 319 g/mol. The van der Waals surface area contributed by atoms with Gasteiger partial charge in [0.1, 0.15) is 0 Å². The lowest BCUT2D eigenvalue weighted by Crippen LogP contribution is -2.17. The van der Waals surface area contributed by atoms with E-state index in [2.05, 4.69) is 38.7 Å². The smallest absolute Gasteiger partial charge is 0.251 e. The van der Waals surface area contributed by atoms with Gasteiger partial charge in [0.25, 0.3) is 5.91 Å². The van der Waals surface area contributed by atoms with Crippen molar-refractivity contribution < 1.29 is 4.79 Å². The number of rotatable bonds is 4. The Kier molecular flexibility index (Phi) is 4.58. The number of anilines is 1. The molecule has 0 aliphatic rings. The van der Waals surface area contributed by atoms with E-state index in [1.54, 1.807) is 13.1 Å². The molecule has 2 rings (SSSR count). The number of hydrogen-bond acceptors (Lipinski definition) is 2. The maximum Gasteiger partial charge on any atom is 0.251 e. The number of nitrogens with one attached hydrogen (secondary N) is 2. The molecule has 0 aromatic heterocycles. The number of hydrogen-bond donors (Lipinski definition) is 2. The van der Waals surface area contributed by atoms with Gasteiger partial charge in [-0.1, -0.05) is 34.1 Å². The van der Waals surface area contributed by atoms with E-state index in [1.165, 1.54) is 5.56 Å². The second-order valence-electron chi connectivity index (χ2n) is 4.14. The topological polar surface area (TPSA) is 41.1 Å². The molecule has 98 valence electrons. The first-order chi connectivity index (χ1) is 9.19. The summed E-state index contributed by atoms with van der Waals surface area (Å²) in [5.41, 5.74) is 2.77. The molecule has 0 aliphatic heterocycles. The lowest BCUT2D eigenvalue weighted by atomic mass is 10.1. The first-order valence-electron chi connectivity index (χ1n) is 5.99. The molecule has 19 heavy (non-hydrogen) atoms. The molecular formula is C15H15BrN2O. The molecule has 2 aromatic carbocycles. The summed E-state index contributed by atoms with van der Waals surface area (Å²) < 4.78 is 1.06. The SMILES string of the molecule is CNC(=O)c1cccc(NCc2cccc(Br)c2)c1. The van der Waals surface area contributed by atoms with E-state index >= 15 is 0 Å². The second kappa shape index (κ2) is 6.38. The second-order valence-corrected chi connectivity index (χ2v) is 5.06. The normalized spacial score (nSPS) is 10.0. The van der Waals surface area contributed by atoms with Crippen LogP contribution in [0.5, 0.6) is 0 Å². The van der Waals surface area contributed by atoms with Crippen LogP contribution in [0.15, 0.2) is 53.0 Å². The summed E-state index contributed by atoms with van der Waals surface area (Å²) >= 11 is 3.45. The Morgan fingerprint density at radius 2 is 1.95 bits per heavy atom. The van der Waals surface area contributed by atoms with Gasteiger partial charge in [0.2, 0.25) is 0 Å². The lowest BCUT2D eigenvalue weighted by Gasteiger charge is -2.08. The minimum atomic E-state index is -0.0777. The van der Waals surface area contributed by atoms with Crippen molar-refractivity contribution in [3.63, 3.8) is 0 Å². The zero-order chi connectivity index (χ0) is 13.7. The van der Waals surface area contributed by atoms with Gasteiger partial charge in [-0.2, -0.15) is 0 Å². The highest BCUT2D eigenvalue weighted by Gasteiger charge is 2.03. The highest BCUT2D eigenvalue weighted by molar-refractivity contribution is 9.10. The summed E-state index contributed by atoms with van der Waals surface area (Å²) in [7, 11) is 1.63. The Morgan fingerprint density at radius 3 is 2.68 bits per heavy atom. The van der Waals surface area contributed by atoms with Crippen LogP contribution < -0.4 is 10.6 Å². The molecule has 2 N–H and O–H groups in total. The van der Waals surface area contributed by atoms with Crippen molar-refractivity contribution in [2.45, 2.75) is 6.54 Å². The average Bonchev–Trinajstić information content (AvgIpc) is 2.45. The minimum Gasteiger partial charge on any atom is -0.381 e. The van der Waals surface area contributed by atoms with Crippen molar-refractivity contribution in [3.05, 3.63) is 64.1 Å². The van der Waals surface area contributed by atoms with Crippen molar-refractivity contribution in [3.8, 4) is 0 Å². The molecule has 0 aliphatic carbocycles.